The second-order valence-corrected chi connectivity index (χ2v) is 6.87. The van der Waals surface area contributed by atoms with E-state index in [9.17, 15) is 24.5 Å². The molecular weight excluding hydrogens is 426 g/mol. The summed E-state index contributed by atoms with van der Waals surface area (Å²) in [5.74, 6) is -2.58. The summed E-state index contributed by atoms with van der Waals surface area (Å²) in [6, 6.07) is 19.0. The first-order valence-electron chi connectivity index (χ1n) is 9.69. The van der Waals surface area contributed by atoms with Crippen LogP contribution in [-0.4, -0.2) is 28.9 Å². The summed E-state index contributed by atoms with van der Waals surface area (Å²) in [5.41, 5.74) is 4.20. The van der Waals surface area contributed by atoms with E-state index in [4.69, 9.17) is 0 Å². The quantitative estimate of drug-likeness (QED) is 0.231. The number of benzene rings is 3. The van der Waals surface area contributed by atoms with E-state index in [-0.39, 0.29) is 16.9 Å². The number of para-hydroxylation sites is 1. The molecule has 3 aromatic carbocycles. The van der Waals surface area contributed by atoms with Crippen LogP contribution in [0.3, 0.4) is 0 Å². The molecule has 0 aliphatic heterocycles. The van der Waals surface area contributed by atoms with Crippen molar-refractivity contribution in [3.63, 3.8) is 0 Å². The average molecular weight is 445 g/mol. The number of carbonyl (C=O) groups is 3. The molecule has 3 aromatic rings. The molecule has 166 valence electrons. The van der Waals surface area contributed by atoms with Gasteiger partial charge in [0.1, 0.15) is 0 Å². The van der Waals surface area contributed by atoms with Crippen molar-refractivity contribution in [2.24, 2.45) is 5.10 Å². The van der Waals surface area contributed by atoms with E-state index in [0.717, 1.165) is 5.56 Å². The number of rotatable bonds is 6. The van der Waals surface area contributed by atoms with Crippen LogP contribution in [0.5, 0.6) is 0 Å². The topological polar surface area (TPSA) is 143 Å². The lowest BCUT2D eigenvalue weighted by atomic mass is 10.1. The molecule has 0 aliphatic carbocycles. The Morgan fingerprint density at radius 2 is 1.64 bits per heavy atom. The zero-order valence-electron chi connectivity index (χ0n) is 17.4. The van der Waals surface area contributed by atoms with E-state index in [1.165, 1.54) is 36.5 Å². The van der Waals surface area contributed by atoms with Gasteiger partial charge < -0.3 is 10.6 Å². The van der Waals surface area contributed by atoms with Gasteiger partial charge >= 0.3 is 11.8 Å². The number of carbonyl (C=O) groups excluding carboxylic acids is 3. The van der Waals surface area contributed by atoms with E-state index in [1.807, 2.05) is 24.5 Å². The summed E-state index contributed by atoms with van der Waals surface area (Å²) in [6.07, 6.45) is 1.17. The molecule has 3 rings (SSSR count). The number of amides is 3. The maximum Gasteiger partial charge on any atom is 0.329 e. The monoisotopic (exact) mass is 445 g/mol. The molecule has 0 spiro atoms. The second kappa shape index (κ2) is 10.4. The molecule has 0 atom stereocenters. The van der Waals surface area contributed by atoms with Gasteiger partial charge in [0.05, 0.1) is 22.4 Å². The Morgan fingerprint density at radius 3 is 2.36 bits per heavy atom. The van der Waals surface area contributed by atoms with Crippen molar-refractivity contribution < 1.29 is 19.3 Å². The number of nitro benzene ring substituents is 1. The van der Waals surface area contributed by atoms with Crippen LogP contribution in [0, 0.1) is 17.0 Å². The third-order valence-corrected chi connectivity index (χ3v) is 4.40. The fraction of sp³-hybridized carbons (Fsp3) is 0.0435. The van der Waals surface area contributed by atoms with E-state index >= 15 is 0 Å². The van der Waals surface area contributed by atoms with Crippen molar-refractivity contribution in [3.8, 4) is 0 Å². The maximum absolute atomic E-state index is 12.6. The van der Waals surface area contributed by atoms with Crippen molar-refractivity contribution in [1.29, 1.82) is 0 Å². The molecule has 0 heterocycles. The van der Waals surface area contributed by atoms with Gasteiger partial charge in [-0.2, -0.15) is 5.10 Å². The highest BCUT2D eigenvalue weighted by atomic mass is 16.6. The van der Waals surface area contributed by atoms with E-state index < -0.39 is 22.6 Å². The van der Waals surface area contributed by atoms with Crippen molar-refractivity contribution in [1.82, 2.24) is 5.43 Å². The summed E-state index contributed by atoms with van der Waals surface area (Å²) < 4.78 is 0. The van der Waals surface area contributed by atoms with E-state index in [2.05, 4.69) is 15.7 Å². The molecule has 0 radical (unpaired) electrons. The highest BCUT2D eigenvalue weighted by Gasteiger charge is 2.17. The van der Waals surface area contributed by atoms with Crippen molar-refractivity contribution >= 4 is 41.0 Å². The van der Waals surface area contributed by atoms with Crippen molar-refractivity contribution in [2.45, 2.75) is 6.92 Å². The Morgan fingerprint density at radius 1 is 0.909 bits per heavy atom. The van der Waals surface area contributed by atoms with Crippen LogP contribution in [0.15, 0.2) is 77.9 Å². The number of hydrazone groups is 1. The summed E-state index contributed by atoms with van der Waals surface area (Å²) in [6.45, 7) is 1.93. The van der Waals surface area contributed by atoms with Crippen molar-refractivity contribution in [2.75, 3.05) is 10.6 Å². The molecule has 0 aliphatic rings. The van der Waals surface area contributed by atoms with Gasteiger partial charge in [0.15, 0.2) is 0 Å². The summed E-state index contributed by atoms with van der Waals surface area (Å²) >= 11 is 0. The van der Waals surface area contributed by atoms with Crippen LogP contribution in [0.4, 0.5) is 17.1 Å². The van der Waals surface area contributed by atoms with Gasteiger partial charge in [-0.1, -0.05) is 42.0 Å². The first-order valence-corrected chi connectivity index (χ1v) is 9.69. The first kappa shape index (κ1) is 22.8. The molecule has 0 saturated heterocycles. The standard InChI is InChI=1S/C23H19N5O5/c1-15-9-11-17(12-10-15)25-21(29)19-7-2-3-8-20(19)26-22(30)23(31)27-24-14-16-5-4-6-18(13-16)28(32)33/h2-14H,1H3,(H,25,29)(H,26,30)(H,27,31)/b24-14+. The number of nitrogens with zero attached hydrogens (tertiary/aromatic N) is 2. The van der Waals surface area contributed by atoms with Crippen LogP contribution in [0.2, 0.25) is 0 Å². The normalized spacial score (nSPS) is 10.5. The molecule has 33 heavy (non-hydrogen) atoms. The number of non-ortho nitro benzene ring substituents is 1. The van der Waals surface area contributed by atoms with E-state index in [1.54, 1.807) is 30.3 Å². The second-order valence-electron chi connectivity index (χ2n) is 6.87. The Bertz CT molecular complexity index is 1240. The number of anilines is 2. The van der Waals surface area contributed by atoms with Crippen LogP contribution < -0.4 is 16.1 Å². The number of hydrogen-bond donors (Lipinski definition) is 3. The van der Waals surface area contributed by atoms with Gasteiger partial charge in [0.2, 0.25) is 0 Å². The predicted molar refractivity (Wildman–Crippen MR) is 123 cm³/mol. The summed E-state index contributed by atoms with van der Waals surface area (Å²) in [7, 11) is 0. The number of hydrogen-bond acceptors (Lipinski definition) is 6. The largest absolute Gasteiger partial charge is 0.329 e. The van der Waals surface area contributed by atoms with Gasteiger partial charge in [0.25, 0.3) is 11.6 Å². The van der Waals surface area contributed by atoms with Crippen LogP contribution in [-0.2, 0) is 9.59 Å². The van der Waals surface area contributed by atoms with E-state index in [0.29, 0.717) is 11.3 Å². The summed E-state index contributed by atoms with van der Waals surface area (Å²) in [4.78, 5) is 47.2. The fourth-order valence-electron chi connectivity index (χ4n) is 2.74. The minimum absolute atomic E-state index is 0.136. The first-order chi connectivity index (χ1) is 15.8. The Kier molecular flexibility index (Phi) is 7.22. The minimum atomic E-state index is -1.08. The zero-order chi connectivity index (χ0) is 23.8. The van der Waals surface area contributed by atoms with Crippen LogP contribution in [0.1, 0.15) is 21.5 Å². The third kappa shape index (κ3) is 6.31. The van der Waals surface area contributed by atoms with Gasteiger partial charge in [-0.05, 0) is 31.2 Å². The average Bonchev–Trinajstić information content (AvgIpc) is 2.81. The zero-order valence-corrected chi connectivity index (χ0v) is 17.4. The highest BCUT2D eigenvalue weighted by molar-refractivity contribution is 6.40. The molecular formula is C23H19N5O5. The van der Waals surface area contributed by atoms with Gasteiger partial charge in [-0.15, -0.1) is 0 Å². The molecule has 0 unspecified atom stereocenters. The lowest BCUT2D eigenvalue weighted by Gasteiger charge is -2.11. The number of nitro groups is 1. The fourth-order valence-corrected chi connectivity index (χ4v) is 2.74. The molecule has 10 nitrogen and oxygen atoms in total. The third-order valence-electron chi connectivity index (χ3n) is 4.40. The molecule has 3 N–H and O–H groups in total. The van der Waals surface area contributed by atoms with Crippen molar-refractivity contribution in [3.05, 3.63) is 99.6 Å². The summed E-state index contributed by atoms with van der Waals surface area (Å²) in [5, 5.41) is 19.6. The molecule has 0 fully saturated rings. The molecule has 0 aromatic heterocycles. The maximum atomic E-state index is 12.6. The van der Waals surface area contributed by atoms with Gasteiger partial charge in [0, 0.05) is 23.4 Å². The highest BCUT2D eigenvalue weighted by Crippen LogP contribution is 2.18. The minimum Gasteiger partial charge on any atom is -0.322 e. The molecule has 10 heteroatoms. The number of aryl methyl sites for hydroxylation is 1. The molecule has 0 saturated carbocycles. The van der Waals surface area contributed by atoms with Crippen LogP contribution >= 0.6 is 0 Å². The SMILES string of the molecule is Cc1ccc(NC(=O)c2ccccc2NC(=O)C(=O)N/N=C/c2cccc([N+](=O)[O-])c2)cc1. The lowest BCUT2D eigenvalue weighted by molar-refractivity contribution is -0.384. The molecule has 0 bridgehead atoms. The Balaban J connectivity index is 1.63. The Hall–Kier alpha value is -4.86. The number of nitrogens with one attached hydrogen (secondary N) is 3. The smallest absolute Gasteiger partial charge is 0.322 e. The Labute approximate surface area is 188 Å². The van der Waals surface area contributed by atoms with Gasteiger partial charge in [-0.25, -0.2) is 5.43 Å². The van der Waals surface area contributed by atoms with Crippen LogP contribution in [0.25, 0.3) is 0 Å². The molecule has 3 amide bonds. The lowest BCUT2D eigenvalue weighted by Crippen LogP contribution is -2.33. The van der Waals surface area contributed by atoms with Gasteiger partial charge in [-0.3, -0.25) is 24.5 Å². The predicted octanol–water partition coefficient (Wildman–Crippen LogP) is 3.24.